The van der Waals surface area contributed by atoms with Crippen LogP contribution in [0.5, 0.6) is 0 Å². The minimum atomic E-state index is -2.91. The van der Waals surface area contributed by atoms with Gasteiger partial charge < -0.3 is 5.32 Å². The molecule has 22 heavy (non-hydrogen) atoms. The summed E-state index contributed by atoms with van der Waals surface area (Å²) in [5.41, 5.74) is 0. The van der Waals surface area contributed by atoms with Crippen LogP contribution in [0.1, 0.15) is 31.7 Å². The van der Waals surface area contributed by atoms with Crippen molar-refractivity contribution < 1.29 is 13.2 Å². The maximum Gasteiger partial charge on any atom is 0.239 e. The number of rotatable bonds is 4. The number of carbonyl (C=O) groups is 1. The van der Waals surface area contributed by atoms with Crippen LogP contribution in [-0.2, 0) is 14.6 Å². The molecule has 1 aromatic heterocycles. The Morgan fingerprint density at radius 1 is 1.27 bits per heavy atom. The van der Waals surface area contributed by atoms with Crippen molar-refractivity contribution in [2.45, 2.75) is 31.7 Å². The first-order valence-corrected chi connectivity index (χ1v) is 9.62. The minimum Gasteiger partial charge on any atom is -0.310 e. The van der Waals surface area contributed by atoms with Gasteiger partial charge in [0.05, 0.1) is 30.3 Å². The van der Waals surface area contributed by atoms with Crippen LogP contribution < -0.4 is 5.32 Å². The molecule has 0 radical (unpaired) electrons. The lowest BCUT2D eigenvalue weighted by Crippen LogP contribution is -2.44. The van der Waals surface area contributed by atoms with Gasteiger partial charge in [0.2, 0.25) is 5.91 Å². The van der Waals surface area contributed by atoms with Gasteiger partial charge in [0, 0.05) is 19.2 Å². The monoisotopic (exact) mass is 326 g/mol. The van der Waals surface area contributed by atoms with E-state index in [0.29, 0.717) is 19.1 Å². The molecule has 3 rings (SSSR count). The van der Waals surface area contributed by atoms with Crippen LogP contribution in [0.4, 0.5) is 5.82 Å². The zero-order valence-corrected chi connectivity index (χ0v) is 13.4. The molecule has 122 valence electrons. The van der Waals surface area contributed by atoms with Crippen molar-refractivity contribution >= 4 is 21.6 Å². The topological polar surface area (TPSA) is 84.3 Å². The highest BCUT2D eigenvalue weighted by Gasteiger charge is 2.24. The van der Waals surface area contributed by atoms with Gasteiger partial charge in [-0.1, -0.05) is 12.8 Å². The van der Waals surface area contributed by atoms with Gasteiger partial charge in [0.15, 0.2) is 9.84 Å². The number of anilines is 1. The Morgan fingerprint density at radius 2 is 1.95 bits per heavy atom. The highest BCUT2D eigenvalue weighted by molar-refractivity contribution is 7.91. The van der Waals surface area contributed by atoms with Crippen LogP contribution in [0.25, 0.3) is 0 Å². The number of hydrogen-bond acceptors (Lipinski definition) is 5. The van der Waals surface area contributed by atoms with Crippen molar-refractivity contribution in [3.8, 4) is 0 Å². The lowest BCUT2D eigenvalue weighted by Gasteiger charge is -2.25. The number of aromatic nitrogens is 2. The summed E-state index contributed by atoms with van der Waals surface area (Å²) in [6.45, 7) is 1.08. The van der Waals surface area contributed by atoms with Crippen molar-refractivity contribution in [1.82, 2.24) is 14.7 Å². The summed E-state index contributed by atoms with van der Waals surface area (Å²) in [6, 6.07) is 2.20. The lowest BCUT2D eigenvalue weighted by molar-refractivity contribution is -0.117. The fourth-order valence-corrected chi connectivity index (χ4v) is 4.42. The van der Waals surface area contributed by atoms with Gasteiger partial charge in [-0.25, -0.2) is 13.1 Å². The fraction of sp³-hybridized carbons (Fsp3) is 0.714. The van der Waals surface area contributed by atoms with Gasteiger partial charge in [-0.05, 0) is 12.8 Å². The molecule has 0 bridgehead atoms. The molecule has 7 nitrogen and oxygen atoms in total. The summed E-state index contributed by atoms with van der Waals surface area (Å²) >= 11 is 0. The summed E-state index contributed by atoms with van der Waals surface area (Å²) in [6.07, 6.45) is 6.34. The molecule has 2 heterocycles. The molecule has 0 atom stereocenters. The van der Waals surface area contributed by atoms with Crippen LogP contribution in [-0.4, -0.2) is 60.1 Å². The lowest BCUT2D eigenvalue weighted by atomic mass is 10.2. The first-order chi connectivity index (χ1) is 10.5. The normalized spacial score (nSPS) is 22.7. The van der Waals surface area contributed by atoms with Gasteiger partial charge in [-0.15, -0.1) is 0 Å². The summed E-state index contributed by atoms with van der Waals surface area (Å²) in [5, 5.41) is 7.23. The van der Waals surface area contributed by atoms with Crippen LogP contribution in [0.15, 0.2) is 12.3 Å². The van der Waals surface area contributed by atoms with Crippen LogP contribution in [0.2, 0.25) is 0 Å². The van der Waals surface area contributed by atoms with E-state index >= 15 is 0 Å². The summed E-state index contributed by atoms with van der Waals surface area (Å²) < 4.78 is 24.7. The first kappa shape index (κ1) is 15.5. The van der Waals surface area contributed by atoms with E-state index in [1.165, 1.54) is 12.8 Å². The third kappa shape index (κ3) is 3.67. The number of nitrogens with zero attached hydrogens (tertiary/aromatic N) is 3. The molecule has 1 saturated heterocycles. The van der Waals surface area contributed by atoms with Crippen molar-refractivity contribution in [2.75, 3.05) is 36.5 Å². The molecule has 0 spiro atoms. The van der Waals surface area contributed by atoms with Crippen LogP contribution in [0.3, 0.4) is 0 Å². The van der Waals surface area contributed by atoms with E-state index in [1.54, 1.807) is 6.20 Å². The SMILES string of the molecule is O=C(CN1CCS(=O)(=O)CC1)Nc1ccnn1C1CCCC1. The molecule has 1 aliphatic carbocycles. The standard InChI is InChI=1S/C14H22N4O3S/c19-14(11-17-7-9-22(20,21)10-8-17)16-13-5-6-15-18(13)12-3-1-2-4-12/h5-6,12H,1-4,7-11H2,(H,16,19). The Kier molecular flexibility index (Phi) is 4.49. The maximum atomic E-state index is 12.2. The molecule has 2 fully saturated rings. The molecular weight excluding hydrogens is 304 g/mol. The average molecular weight is 326 g/mol. The van der Waals surface area contributed by atoms with Gasteiger partial charge in [-0.3, -0.25) is 9.69 Å². The maximum absolute atomic E-state index is 12.2. The highest BCUT2D eigenvalue weighted by Crippen LogP contribution is 2.31. The number of hydrogen-bond donors (Lipinski definition) is 1. The molecule has 1 aliphatic heterocycles. The van der Waals surface area contributed by atoms with E-state index < -0.39 is 9.84 Å². The quantitative estimate of drug-likeness (QED) is 0.879. The van der Waals surface area contributed by atoms with Crippen molar-refractivity contribution in [3.63, 3.8) is 0 Å². The van der Waals surface area contributed by atoms with E-state index in [4.69, 9.17) is 0 Å². The predicted octanol–water partition coefficient (Wildman–Crippen LogP) is 0.667. The molecule has 8 heteroatoms. The fourth-order valence-electron chi connectivity index (χ4n) is 3.15. The number of nitrogens with one attached hydrogen (secondary N) is 1. The van der Waals surface area contributed by atoms with Crippen LogP contribution >= 0.6 is 0 Å². The van der Waals surface area contributed by atoms with E-state index in [9.17, 15) is 13.2 Å². The summed E-state index contributed by atoms with van der Waals surface area (Å²) in [4.78, 5) is 14.0. The molecule has 0 unspecified atom stereocenters. The molecule has 1 amide bonds. The Bertz CT molecular complexity index is 620. The highest BCUT2D eigenvalue weighted by atomic mass is 32.2. The zero-order valence-electron chi connectivity index (χ0n) is 12.6. The summed E-state index contributed by atoms with van der Waals surface area (Å²) in [5.74, 6) is 0.904. The minimum absolute atomic E-state index is 0.112. The van der Waals surface area contributed by atoms with Crippen molar-refractivity contribution in [1.29, 1.82) is 0 Å². The van der Waals surface area contributed by atoms with E-state index in [1.807, 2.05) is 15.6 Å². The zero-order chi connectivity index (χ0) is 15.6. The number of sulfone groups is 1. The van der Waals surface area contributed by atoms with Gasteiger partial charge >= 0.3 is 0 Å². The second-order valence-electron chi connectivity index (χ2n) is 6.08. The third-order valence-corrected chi connectivity index (χ3v) is 6.02. The number of carbonyl (C=O) groups excluding carboxylic acids is 1. The van der Waals surface area contributed by atoms with Crippen LogP contribution in [0, 0.1) is 0 Å². The van der Waals surface area contributed by atoms with E-state index in [-0.39, 0.29) is 24.0 Å². The molecular formula is C14H22N4O3S. The average Bonchev–Trinajstić information content (AvgIpc) is 3.11. The van der Waals surface area contributed by atoms with E-state index in [2.05, 4.69) is 10.4 Å². The molecule has 2 aliphatic rings. The molecule has 1 N–H and O–H groups in total. The molecule has 1 saturated carbocycles. The Balaban J connectivity index is 1.55. The largest absolute Gasteiger partial charge is 0.310 e. The number of amides is 1. The Hall–Kier alpha value is -1.41. The second kappa shape index (κ2) is 6.37. The Labute approximate surface area is 130 Å². The summed E-state index contributed by atoms with van der Waals surface area (Å²) in [7, 11) is -2.91. The third-order valence-electron chi connectivity index (χ3n) is 4.41. The van der Waals surface area contributed by atoms with Gasteiger partial charge in [0.1, 0.15) is 5.82 Å². The van der Waals surface area contributed by atoms with Crippen molar-refractivity contribution in [2.24, 2.45) is 0 Å². The molecule has 0 aromatic carbocycles. The smallest absolute Gasteiger partial charge is 0.239 e. The second-order valence-corrected chi connectivity index (χ2v) is 8.38. The van der Waals surface area contributed by atoms with E-state index in [0.717, 1.165) is 18.7 Å². The van der Waals surface area contributed by atoms with Crippen molar-refractivity contribution in [3.05, 3.63) is 12.3 Å². The predicted molar refractivity (Wildman–Crippen MR) is 83.5 cm³/mol. The van der Waals surface area contributed by atoms with Gasteiger partial charge in [-0.2, -0.15) is 5.10 Å². The first-order valence-electron chi connectivity index (χ1n) is 7.80. The molecule has 1 aromatic rings. The Morgan fingerprint density at radius 3 is 2.64 bits per heavy atom. The van der Waals surface area contributed by atoms with Gasteiger partial charge in [0.25, 0.3) is 0 Å².